The number of ether oxygens (including phenoxy) is 1. The summed E-state index contributed by atoms with van der Waals surface area (Å²) in [4.78, 5) is 43.2. The number of hydrogen-bond acceptors (Lipinski definition) is 7. The van der Waals surface area contributed by atoms with Crippen molar-refractivity contribution in [3.05, 3.63) is 144 Å². The quantitative estimate of drug-likeness (QED) is 0.134. The number of halogens is 1. The summed E-state index contributed by atoms with van der Waals surface area (Å²) in [5, 5.41) is 21.8. The Kier molecular flexibility index (Phi) is 10.2. The second-order valence-electron chi connectivity index (χ2n) is 12.0. The summed E-state index contributed by atoms with van der Waals surface area (Å²) in [7, 11) is 0. The van der Waals surface area contributed by atoms with Gasteiger partial charge in [0.25, 0.3) is 0 Å². The molecular formula is C40H33ClN6O6. The van der Waals surface area contributed by atoms with E-state index < -0.39 is 24.4 Å². The highest BCUT2D eigenvalue weighted by Crippen LogP contribution is 2.38. The Balaban J connectivity index is 0.000000180. The van der Waals surface area contributed by atoms with E-state index in [9.17, 15) is 19.5 Å². The van der Waals surface area contributed by atoms with Crippen molar-refractivity contribution in [1.29, 1.82) is 0 Å². The fourth-order valence-electron chi connectivity index (χ4n) is 6.63. The lowest BCUT2D eigenvalue weighted by molar-refractivity contribution is -0.139. The molecule has 4 aromatic carbocycles. The molecule has 0 bridgehead atoms. The topological polar surface area (TPSA) is 189 Å². The average Bonchev–Trinajstić information content (AvgIpc) is 3.65. The van der Waals surface area contributed by atoms with Crippen LogP contribution in [0.2, 0.25) is 0 Å². The van der Waals surface area contributed by atoms with Crippen molar-refractivity contribution in [2.45, 2.75) is 13.1 Å². The van der Waals surface area contributed by atoms with Crippen molar-refractivity contribution < 1.29 is 29.3 Å². The number of benzene rings is 4. The van der Waals surface area contributed by atoms with Crippen molar-refractivity contribution in [2.75, 3.05) is 6.61 Å². The first-order chi connectivity index (χ1) is 25.2. The number of carbonyl (C=O) groups is 3. The molecule has 0 aliphatic carbocycles. The smallest absolute Gasteiger partial charge is 0.341 e. The highest BCUT2D eigenvalue weighted by Gasteiger charge is 2.21. The van der Waals surface area contributed by atoms with Crippen LogP contribution >= 0.6 is 12.4 Å². The Morgan fingerprint density at radius 2 is 1.06 bits per heavy atom. The predicted molar refractivity (Wildman–Crippen MR) is 205 cm³/mol. The molecular weight excluding hydrogens is 696 g/mol. The van der Waals surface area contributed by atoms with Crippen molar-refractivity contribution in [3.8, 4) is 11.5 Å². The predicted octanol–water partition coefficient (Wildman–Crippen LogP) is 6.26. The minimum absolute atomic E-state index is 0. The molecule has 6 N–H and O–H groups in total. The van der Waals surface area contributed by atoms with E-state index in [0.717, 1.165) is 33.2 Å². The van der Waals surface area contributed by atoms with Crippen molar-refractivity contribution >= 4 is 73.8 Å². The minimum atomic E-state index is -1.10. The maximum absolute atomic E-state index is 12.1. The highest BCUT2D eigenvalue weighted by molar-refractivity contribution is 6.20. The molecule has 0 saturated carbocycles. The standard InChI is InChI=1S/C21H17N3O4.C19H15N3O2.ClH/c22-21(27)14-7-4-8-15-19(14)20-16(9-23-10-17(20)28-12-18(25)26)24(15)11-13-5-2-1-3-6-13;20-19(24)13-7-4-8-14-17(13)18-15(9-21-10-16(18)23)22(14)11-12-5-2-1-3-6-12;/h1-10H,11-12H2,(H2,22,27)(H,25,26);1-10,23H,11H2,(H2,20,24);1H. The highest BCUT2D eigenvalue weighted by atomic mass is 35.5. The Morgan fingerprint density at radius 1 is 0.585 bits per heavy atom. The molecule has 0 aliphatic rings. The number of aromatic hydroxyl groups is 1. The second kappa shape index (κ2) is 15.1. The zero-order valence-electron chi connectivity index (χ0n) is 28.0. The number of rotatable bonds is 9. The third-order valence-corrected chi connectivity index (χ3v) is 8.79. The number of nitrogens with two attached hydrogens (primary N) is 2. The molecule has 13 heteroatoms. The van der Waals surface area contributed by atoms with Gasteiger partial charge in [0, 0.05) is 35.0 Å². The van der Waals surface area contributed by atoms with E-state index in [1.54, 1.807) is 36.7 Å². The van der Waals surface area contributed by atoms with Gasteiger partial charge in [0.2, 0.25) is 11.8 Å². The van der Waals surface area contributed by atoms with Crippen LogP contribution in [0.3, 0.4) is 0 Å². The number of primary amides is 2. The molecule has 53 heavy (non-hydrogen) atoms. The Hall–Kier alpha value is -6.92. The summed E-state index contributed by atoms with van der Waals surface area (Å²) in [6.45, 7) is 0.645. The molecule has 266 valence electrons. The maximum atomic E-state index is 12.1. The monoisotopic (exact) mass is 728 g/mol. The van der Waals surface area contributed by atoms with Gasteiger partial charge in [-0.05, 0) is 35.4 Å². The van der Waals surface area contributed by atoms with Crippen LogP contribution in [0.1, 0.15) is 31.8 Å². The molecule has 4 aromatic heterocycles. The van der Waals surface area contributed by atoms with Gasteiger partial charge in [-0.1, -0.05) is 72.8 Å². The van der Waals surface area contributed by atoms with Gasteiger partial charge < -0.3 is 35.6 Å². The van der Waals surface area contributed by atoms with Crippen molar-refractivity contribution in [3.63, 3.8) is 0 Å². The molecule has 0 aliphatic heterocycles. The SMILES string of the molecule is Cl.NC(=O)c1cccc2c1c1c(O)cncc1n2Cc1ccccc1.NC(=O)c1cccc2c1c1c(OCC(=O)O)cncc1n2Cc1ccccc1. The summed E-state index contributed by atoms with van der Waals surface area (Å²) in [5.41, 5.74) is 17.2. The normalized spacial score (nSPS) is 10.9. The lowest BCUT2D eigenvalue weighted by atomic mass is 10.1. The van der Waals surface area contributed by atoms with Gasteiger partial charge in [-0.2, -0.15) is 0 Å². The van der Waals surface area contributed by atoms with Gasteiger partial charge in [0.1, 0.15) is 11.5 Å². The van der Waals surface area contributed by atoms with Gasteiger partial charge in [-0.15, -0.1) is 12.4 Å². The number of carbonyl (C=O) groups excluding carboxylic acids is 2. The van der Waals surface area contributed by atoms with E-state index in [-0.39, 0.29) is 18.2 Å². The summed E-state index contributed by atoms with van der Waals surface area (Å²) in [6, 6.07) is 30.6. The third-order valence-electron chi connectivity index (χ3n) is 8.79. The van der Waals surface area contributed by atoms with Crippen LogP contribution in [0.15, 0.2) is 122 Å². The molecule has 12 nitrogen and oxygen atoms in total. The molecule has 0 radical (unpaired) electrons. The Bertz CT molecular complexity index is 2640. The Labute approximate surface area is 308 Å². The lowest BCUT2D eigenvalue weighted by Gasteiger charge is -2.08. The van der Waals surface area contributed by atoms with Gasteiger partial charge >= 0.3 is 5.97 Å². The molecule has 2 amide bonds. The number of pyridine rings is 2. The molecule has 0 unspecified atom stereocenters. The molecule has 0 atom stereocenters. The molecule has 4 heterocycles. The van der Waals surface area contributed by atoms with Gasteiger partial charge in [0.15, 0.2) is 6.61 Å². The minimum Gasteiger partial charge on any atom is -0.506 e. The van der Waals surface area contributed by atoms with Crippen LogP contribution in [0.25, 0.3) is 43.6 Å². The number of carboxylic acid groups (broad SMARTS) is 1. The number of fused-ring (bicyclic) bond motifs is 6. The first-order valence-corrected chi connectivity index (χ1v) is 16.2. The van der Waals surface area contributed by atoms with Crippen LogP contribution < -0.4 is 16.2 Å². The number of hydrogen-bond donors (Lipinski definition) is 4. The Morgan fingerprint density at radius 3 is 1.55 bits per heavy atom. The van der Waals surface area contributed by atoms with Gasteiger partial charge in [-0.3, -0.25) is 19.6 Å². The van der Waals surface area contributed by atoms with E-state index >= 15 is 0 Å². The zero-order chi connectivity index (χ0) is 36.4. The summed E-state index contributed by atoms with van der Waals surface area (Å²) >= 11 is 0. The molecule has 0 fully saturated rings. The summed E-state index contributed by atoms with van der Waals surface area (Å²) in [5.74, 6) is -1.84. The number of aliphatic carboxylic acids is 1. The van der Waals surface area contributed by atoms with E-state index in [2.05, 4.69) is 9.97 Å². The fraction of sp³-hybridized carbons (Fsp3) is 0.0750. The van der Waals surface area contributed by atoms with Gasteiger partial charge in [0.05, 0.1) is 57.6 Å². The number of amides is 2. The van der Waals surface area contributed by atoms with E-state index in [0.29, 0.717) is 51.5 Å². The van der Waals surface area contributed by atoms with Crippen LogP contribution in [0.5, 0.6) is 11.5 Å². The van der Waals surface area contributed by atoms with Crippen LogP contribution in [-0.2, 0) is 17.9 Å². The fourth-order valence-corrected chi connectivity index (χ4v) is 6.63. The van der Waals surface area contributed by atoms with Crippen LogP contribution in [0, 0.1) is 0 Å². The maximum Gasteiger partial charge on any atom is 0.341 e. The van der Waals surface area contributed by atoms with E-state index in [1.165, 1.54) is 12.4 Å². The van der Waals surface area contributed by atoms with Gasteiger partial charge in [-0.25, -0.2) is 4.79 Å². The number of nitrogens with zero attached hydrogens (tertiary/aromatic N) is 4. The first kappa shape index (κ1) is 35.9. The molecule has 0 spiro atoms. The van der Waals surface area contributed by atoms with Crippen LogP contribution in [0.4, 0.5) is 0 Å². The first-order valence-electron chi connectivity index (χ1n) is 16.2. The lowest BCUT2D eigenvalue weighted by Crippen LogP contribution is -2.11. The summed E-state index contributed by atoms with van der Waals surface area (Å²) < 4.78 is 9.52. The molecule has 8 aromatic rings. The second-order valence-corrected chi connectivity index (χ2v) is 12.0. The van der Waals surface area contributed by atoms with Crippen LogP contribution in [-0.4, -0.2) is 53.7 Å². The van der Waals surface area contributed by atoms with E-state index in [4.69, 9.17) is 21.3 Å². The average molecular weight is 729 g/mol. The van der Waals surface area contributed by atoms with Crippen molar-refractivity contribution in [1.82, 2.24) is 19.1 Å². The summed E-state index contributed by atoms with van der Waals surface area (Å²) in [6.07, 6.45) is 6.21. The number of aromatic nitrogens is 4. The molecule has 0 saturated heterocycles. The third kappa shape index (κ3) is 6.90. The van der Waals surface area contributed by atoms with E-state index in [1.807, 2.05) is 81.9 Å². The number of carboxylic acids is 1. The zero-order valence-corrected chi connectivity index (χ0v) is 28.9. The van der Waals surface area contributed by atoms with Crippen molar-refractivity contribution in [2.24, 2.45) is 11.5 Å². The molecule has 8 rings (SSSR count). The largest absolute Gasteiger partial charge is 0.506 e.